The van der Waals surface area contributed by atoms with Crippen LogP contribution >= 0.6 is 11.6 Å². The summed E-state index contributed by atoms with van der Waals surface area (Å²) in [6, 6.07) is 14.8. The molecular weight excluding hydrogens is 300 g/mol. The van der Waals surface area contributed by atoms with Gasteiger partial charge >= 0.3 is 0 Å². The van der Waals surface area contributed by atoms with Crippen LogP contribution in [0.25, 0.3) is 32.5 Å². The van der Waals surface area contributed by atoms with Gasteiger partial charge in [0, 0.05) is 15.9 Å². The number of azide groups is 1. The van der Waals surface area contributed by atoms with Gasteiger partial charge < -0.3 is 4.74 Å². The van der Waals surface area contributed by atoms with Crippen LogP contribution in [0.2, 0.25) is 5.15 Å². The van der Waals surface area contributed by atoms with Crippen LogP contribution < -0.4 is 4.74 Å². The average Bonchev–Trinajstić information content (AvgIpc) is 2.55. The van der Waals surface area contributed by atoms with Gasteiger partial charge in [-0.15, -0.1) is 0 Å². The van der Waals surface area contributed by atoms with Gasteiger partial charge in [0.2, 0.25) is 0 Å². The molecular formula is C16H11ClN4O. The minimum Gasteiger partial charge on any atom is -0.497 e. The average molecular weight is 311 g/mol. The van der Waals surface area contributed by atoms with E-state index in [0.29, 0.717) is 33.1 Å². The zero-order valence-electron chi connectivity index (χ0n) is 11.7. The first-order valence-electron chi connectivity index (χ1n) is 6.52. The predicted molar refractivity (Wildman–Crippen MR) is 87.5 cm³/mol. The molecule has 1 heterocycles. The van der Waals surface area contributed by atoms with Crippen molar-refractivity contribution in [3.63, 3.8) is 0 Å². The molecule has 0 bridgehead atoms. The van der Waals surface area contributed by atoms with Crippen molar-refractivity contribution < 1.29 is 4.74 Å². The highest BCUT2D eigenvalue weighted by Crippen LogP contribution is 2.41. The maximum atomic E-state index is 8.93. The zero-order chi connectivity index (χ0) is 15.5. The molecule has 0 N–H and O–H groups in total. The summed E-state index contributed by atoms with van der Waals surface area (Å²) in [6.45, 7) is 0. The number of halogens is 1. The number of hydrogen-bond acceptors (Lipinski definition) is 3. The highest BCUT2D eigenvalue weighted by Gasteiger charge is 2.15. The van der Waals surface area contributed by atoms with Crippen molar-refractivity contribution in [1.82, 2.24) is 4.98 Å². The van der Waals surface area contributed by atoms with Crippen molar-refractivity contribution in [2.45, 2.75) is 0 Å². The van der Waals surface area contributed by atoms with E-state index in [-0.39, 0.29) is 0 Å². The molecule has 0 aliphatic heterocycles. The molecule has 5 nitrogen and oxygen atoms in total. The molecule has 0 radical (unpaired) electrons. The van der Waals surface area contributed by atoms with Gasteiger partial charge in [-0.3, -0.25) is 0 Å². The third-order valence-corrected chi connectivity index (χ3v) is 3.60. The maximum Gasteiger partial charge on any atom is 0.138 e. The van der Waals surface area contributed by atoms with E-state index >= 15 is 0 Å². The van der Waals surface area contributed by atoms with Crippen molar-refractivity contribution in [1.29, 1.82) is 0 Å². The Morgan fingerprint density at radius 3 is 2.64 bits per heavy atom. The number of pyridine rings is 1. The second kappa shape index (κ2) is 5.93. The second-order valence-electron chi connectivity index (χ2n) is 4.56. The van der Waals surface area contributed by atoms with Crippen LogP contribution in [-0.4, -0.2) is 12.1 Å². The van der Waals surface area contributed by atoms with Crippen molar-refractivity contribution in [2.75, 3.05) is 7.11 Å². The van der Waals surface area contributed by atoms with Gasteiger partial charge in [-0.25, -0.2) is 4.98 Å². The molecule has 1 aromatic heterocycles. The van der Waals surface area contributed by atoms with Crippen LogP contribution in [0.1, 0.15) is 0 Å². The summed E-state index contributed by atoms with van der Waals surface area (Å²) in [5.41, 5.74) is 11.5. The molecule has 108 valence electrons. The number of methoxy groups -OCH3 is 1. The van der Waals surface area contributed by atoms with Gasteiger partial charge in [-0.2, -0.15) is 0 Å². The monoisotopic (exact) mass is 310 g/mol. The van der Waals surface area contributed by atoms with Crippen molar-refractivity contribution in [3.05, 3.63) is 64.1 Å². The fourth-order valence-electron chi connectivity index (χ4n) is 2.33. The fraction of sp³-hybridized carbons (Fsp3) is 0.0625. The molecule has 0 aliphatic rings. The van der Waals surface area contributed by atoms with Gasteiger partial charge in [-0.05, 0) is 29.3 Å². The first kappa shape index (κ1) is 14.2. The molecule has 2 aromatic carbocycles. The first-order valence-corrected chi connectivity index (χ1v) is 6.90. The minimum atomic E-state index is 0.297. The Bertz CT molecular complexity index is 890. The topological polar surface area (TPSA) is 70.9 Å². The zero-order valence-corrected chi connectivity index (χ0v) is 12.4. The first-order chi connectivity index (χ1) is 10.7. The summed E-state index contributed by atoms with van der Waals surface area (Å²) in [7, 11) is 1.58. The summed E-state index contributed by atoms with van der Waals surface area (Å²) in [6.07, 6.45) is 0. The van der Waals surface area contributed by atoms with Crippen LogP contribution in [0, 0.1) is 0 Å². The molecule has 6 heteroatoms. The quantitative estimate of drug-likeness (QED) is 0.277. The Balaban J connectivity index is 2.42. The number of rotatable bonds is 3. The number of hydrogen-bond donors (Lipinski definition) is 0. The summed E-state index contributed by atoms with van der Waals surface area (Å²) < 4.78 is 5.24. The molecule has 0 saturated heterocycles. The van der Waals surface area contributed by atoms with E-state index in [1.54, 1.807) is 25.3 Å². The van der Waals surface area contributed by atoms with E-state index in [1.807, 2.05) is 30.3 Å². The molecule has 0 saturated carbocycles. The lowest BCUT2D eigenvalue weighted by molar-refractivity contribution is 0.415. The van der Waals surface area contributed by atoms with Crippen LogP contribution in [0.3, 0.4) is 0 Å². The largest absolute Gasteiger partial charge is 0.497 e. The second-order valence-corrected chi connectivity index (χ2v) is 4.92. The number of nitrogens with zero attached hydrogens (tertiary/aromatic N) is 4. The van der Waals surface area contributed by atoms with E-state index < -0.39 is 0 Å². The van der Waals surface area contributed by atoms with Gasteiger partial charge in [0.25, 0.3) is 0 Å². The highest BCUT2D eigenvalue weighted by molar-refractivity contribution is 6.33. The van der Waals surface area contributed by atoms with E-state index in [1.165, 1.54) is 0 Å². The summed E-state index contributed by atoms with van der Waals surface area (Å²) in [5.74, 6) is 0.657. The predicted octanol–water partition coefficient (Wildman–Crippen LogP) is 5.51. The van der Waals surface area contributed by atoms with Crippen LogP contribution in [0.5, 0.6) is 5.75 Å². The molecule has 22 heavy (non-hydrogen) atoms. The number of fused-ring (bicyclic) bond motifs is 1. The van der Waals surface area contributed by atoms with E-state index in [9.17, 15) is 0 Å². The minimum absolute atomic E-state index is 0.297. The Morgan fingerprint density at radius 1 is 1.18 bits per heavy atom. The maximum absolute atomic E-state index is 8.93. The van der Waals surface area contributed by atoms with Gasteiger partial charge in [-0.1, -0.05) is 47.0 Å². The molecule has 0 spiro atoms. The standard InChI is InChI=1S/C16H11ClN4O/c1-22-11-7-8-13-12(9-11)15(20-21-18)14(16(17)19-13)10-5-3-2-4-6-10/h2-9H,1H3. The van der Waals surface area contributed by atoms with Crippen molar-refractivity contribution in [2.24, 2.45) is 5.11 Å². The smallest absolute Gasteiger partial charge is 0.138 e. The highest BCUT2D eigenvalue weighted by atomic mass is 35.5. The summed E-state index contributed by atoms with van der Waals surface area (Å²) in [4.78, 5) is 7.33. The van der Waals surface area contributed by atoms with Crippen molar-refractivity contribution in [3.8, 4) is 16.9 Å². The molecule has 0 amide bonds. The molecule has 0 atom stereocenters. The van der Waals surface area contributed by atoms with Crippen LogP contribution in [0.15, 0.2) is 53.6 Å². The molecule has 0 fully saturated rings. The number of ether oxygens (including phenoxy) is 1. The Labute approximate surface area is 131 Å². The Kier molecular flexibility index (Phi) is 3.83. The molecule has 3 aromatic rings. The van der Waals surface area contributed by atoms with Gasteiger partial charge in [0.1, 0.15) is 10.9 Å². The number of aromatic nitrogens is 1. The lowest BCUT2D eigenvalue weighted by Gasteiger charge is -2.12. The van der Waals surface area contributed by atoms with Crippen LogP contribution in [-0.2, 0) is 0 Å². The summed E-state index contributed by atoms with van der Waals surface area (Å²) >= 11 is 6.33. The SMILES string of the molecule is COc1ccc2nc(Cl)c(-c3ccccc3)c(N=[N+]=[N-])c2c1. The van der Waals surface area contributed by atoms with Gasteiger partial charge in [0.05, 0.1) is 18.3 Å². The lowest BCUT2D eigenvalue weighted by Crippen LogP contribution is -1.89. The summed E-state index contributed by atoms with van der Waals surface area (Å²) in [5, 5.41) is 4.84. The Morgan fingerprint density at radius 2 is 1.95 bits per heavy atom. The Hall–Kier alpha value is -2.75. The molecule has 0 unspecified atom stereocenters. The van der Waals surface area contributed by atoms with E-state index in [2.05, 4.69) is 15.0 Å². The van der Waals surface area contributed by atoms with Crippen LogP contribution in [0.4, 0.5) is 5.69 Å². The number of benzene rings is 2. The molecule has 0 aliphatic carbocycles. The third-order valence-electron chi connectivity index (χ3n) is 3.33. The van der Waals surface area contributed by atoms with Gasteiger partial charge in [0.15, 0.2) is 0 Å². The third kappa shape index (κ3) is 2.44. The normalized spacial score (nSPS) is 10.3. The van der Waals surface area contributed by atoms with Crippen molar-refractivity contribution >= 4 is 28.2 Å². The lowest BCUT2D eigenvalue weighted by atomic mass is 10.0. The molecule has 3 rings (SSSR count). The van der Waals surface area contributed by atoms with E-state index in [0.717, 1.165) is 5.56 Å². The fourth-order valence-corrected chi connectivity index (χ4v) is 2.62. The van der Waals surface area contributed by atoms with E-state index in [4.69, 9.17) is 21.9 Å².